The minimum atomic E-state index is 0.124. The van der Waals surface area contributed by atoms with Gasteiger partial charge in [-0.1, -0.05) is 32.6 Å². The first-order valence-corrected chi connectivity index (χ1v) is 8.16. The van der Waals surface area contributed by atoms with Crippen LogP contribution in [0.2, 0.25) is 0 Å². The van der Waals surface area contributed by atoms with Gasteiger partial charge in [-0.2, -0.15) is 0 Å². The third-order valence-corrected chi connectivity index (χ3v) is 4.84. The van der Waals surface area contributed by atoms with Crippen LogP contribution in [0, 0.1) is 11.8 Å². The highest BCUT2D eigenvalue weighted by atomic mass is 16.1. The summed E-state index contributed by atoms with van der Waals surface area (Å²) < 4.78 is 0. The fourth-order valence-electron chi connectivity index (χ4n) is 3.87. The van der Waals surface area contributed by atoms with Crippen LogP contribution >= 0.6 is 0 Å². The lowest BCUT2D eigenvalue weighted by atomic mass is 9.86. The maximum atomic E-state index is 11.3. The number of carbonyl (C=O) groups excluding carboxylic acids is 1. The van der Waals surface area contributed by atoms with Crippen LogP contribution in [0.15, 0.2) is 0 Å². The average molecular weight is 266 g/mol. The molecule has 1 saturated carbocycles. The zero-order valence-corrected chi connectivity index (χ0v) is 12.7. The second-order valence-corrected chi connectivity index (χ2v) is 6.63. The highest BCUT2D eigenvalue weighted by molar-refractivity contribution is 5.73. The highest BCUT2D eigenvalue weighted by Crippen LogP contribution is 2.27. The minimum Gasteiger partial charge on any atom is -0.352 e. The van der Waals surface area contributed by atoms with E-state index < -0.39 is 0 Å². The van der Waals surface area contributed by atoms with Crippen molar-refractivity contribution in [1.82, 2.24) is 10.2 Å². The molecule has 19 heavy (non-hydrogen) atoms. The Hall–Kier alpha value is -0.570. The summed E-state index contributed by atoms with van der Waals surface area (Å²) in [4.78, 5) is 13.9. The fraction of sp³-hybridized carbons (Fsp3) is 0.938. The van der Waals surface area contributed by atoms with Crippen molar-refractivity contribution in [3.63, 3.8) is 0 Å². The number of nitrogens with one attached hydrogen (secondary N) is 1. The zero-order valence-electron chi connectivity index (χ0n) is 12.7. The lowest BCUT2D eigenvalue weighted by Gasteiger charge is -2.40. The third kappa shape index (κ3) is 4.79. The lowest BCUT2D eigenvalue weighted by molar-refractivity contribution is -0.120. The quantitative estimate of drug-likeness (QED) is 0.848. The number of nitrogens with zero attached hydrogens (tertiary/aromatic N) is 1. The SMILES string of the molecule is CCC1CC(NC(C)=O)CN(CC2CCCCC2)C1. The van der Waals surface area contributed by atoms with E-state index in [1.54, 1.807) is 6.92 Å². The van der Waals surface area contributed by atoms with Gasteiger partial charge in [0.05, 0.1) is 0 Å². The number of hydrogen-bond acceptors (Lipinski definition) is 2. The topological polar surface area (TPSA) is 32.3 Å². The Balaban J connectivity index is 1.85. The summed E-state index contributed by atoms with van der Waals surface area (Å²) in [5.41, 5.74) is 0. The van der Waals surface area contributed by atoms with Crippen molar-refractivity contribution in [2.45, 2.75) is 64.8 Å². The molecular formula is C16H30N2O. The third-order valence-electron chi connectivity index (χ3n) is 4.84. The highest BCUT2D eigenvalue weighted by Gasteiger charge is 2.28. The zero-order chi connectivity index (χ0) is 13.7. The van der Waals surface area contributed by atoms with Crippen molar-refractivity contribution in [2.75, 3.05) is 19.6 Å². The van der Waals surface area contributed by atoms with Crippen LogP contribution in [-0.2, 0) is 4.79 Å². The molecule has 0 aromatic carbocycles. The largest absolute Gasteiger partial charge is 0.352 e. The summed E-state index contributed by atoms with van der Waals surface area (Å²) in [6, 6.07) is 0.375. The second-order valence-electron chi connectivity index (χ2n) is 6.63. The molecule has 3 heteroatoms. The summed E-state index contributed by atoms with van der Waals surface area (Å²) >= 11 is 0. The summed E-state index contributed by atoms with van der Waals surface area (Å²) in [6.07, 6.45) is 9.50. The molecule has 2 atom stereocenters. The van der Waals surface area contributed by atoms with E-state index in [1.165, 1.54) is 51.6 Å². The molecule has 0 bridgehead atoms. The molecule has 1 N–H and O–H groups in total. The van der Waals surface area contributed by atoms with Gasteiger partial charge in [-0.3, -0.25) is 4.79 Å². The van der Waals surface area contributed by atoms with E-state index in [4.69, 9.17) is 0 Å². The molecule has 1 aliphatic carbocycles. The van der Waals surface area contributed by atoms with Crippen molar-refractivity contribution in [2.24, 2.45) is 11.8 Å². The van der Waals surface area contributed by atoms with E-state index in [1.807, 2.05) is 0 Å². The van der Waals surface area contributed by atoms with Crippen LogP contribution in [0.5, 0.6) is 0 Å². The van der Waals surface area contributed by atoms with Gasteiger partial charge >= 0.3 is 0 Å². The Bertz CT molecular complexity index is 286. The summed E-state index contributed by atoms with van der Waals surface area (Å²) in [5.74, 6) is 1.79. The lowest BCUT2D eigenvalue weighted by Crippen LogP contribution is -2.51. The Labute approximate surface area is 118 Å². The van der Waals surface area contributed by atoms with Gasteiger partial charge < -0.3 is 10.2 Å². The summed E-state index contributed by atoms with van der Waals surface area (Å²) in [7, 11) is 0. The predicted molar refractivity (Wildman–Crippen MR) is 79.0 cm³/mol. The Morgan fingerprint density at radius 3 is 2.53 bits per heavy atom. The number of piperidine rings is 1. The van der Waals surface area contributed by atoms with Crippen LogP contribution in [0.1, 0.15) is 58.8 Å². The molecule has 1 amide bonds. The van der Waals surface area contributed by atoms with Gasteiger partial charge in [0.15, 0.2) is 0 Å². The van der Waals surface area contributed by atoms with E-state index in [9.17, 15) is 4.79 Å². The number of likely N-dealkylation sites (tertiary alicyclic amines) is 1. The van der Waals surface area contributed by atoms with E-state index in [-0.39, 0.29) is 5.91 Å². The molecule has 0 aromatic rings. The molecule has 0 radical (unpaired) electrons. The average Bonchev–Trinajstić information content (AvgIpc) is 2.38. The smallest absolute Gasteiger partial charge is 0.217 e. The molecular weight excluding hydrogens is 236 g/mol. The van der Waals surface area contributed by atoms with Gasteiger partial charge in [0.2, 0.25) is 5.91 Å². The monoisotopic (exact) mass is 266 g/mol. The van der Waals surface area contributed by atoms with Gasteiger partial charge in [-0.15, -0.1) is 0 Å². The molecule has 1 saturated heterocycles. The number of amides is 1. The summed E-state index contributed by atoms with van der Waals surface area (Å²) in [6.45, 7) is 7.48. The molecule has 1 aliphatic heterocycles. The molecule has 2 fully saturated rings. The van der Waals surface area contributed by atoms with Crippen LogP contribution in [-0.4, -0.2) is 36.5 Å². The normalized spacial score (nSPS) is 30.2. The fourth-order valence-corrected chi connectivity index (χ4v) is 3.87. The van der Waals surface area contributed by atoms with E-state index in [0.717, 1.165) is 24.8 Å². The van der Waals surface area contributed by atoms with E-state index in [2.05, 4.69) is 17.1 Å². The molecule has 0 spiro atoms. The van der Waals surface area contributed by atoms with Crippen molar-refractivity contribution in [1.29, 1.82) is 0 Å². The second kappa shape index (κ2) is 7.28. The predicted octanol–water partition coefficient (Wildman–Crippen LogP) is 2.80. The van der Waals surface area contributed by atoms with Crippen LogP contribution < -0.4 is 5.32 Å². The molecule has 2 rings (SSSR count). The Morgan fingerprint density at radius 1 is 1.16 bits per heavy atom. The first-order valence-electron chi connectivity index (χ1n) is 8.16. The van der Waals surface area contributed by atoms with Crippen molar-refractivity contribution in [3.05, 3.63) is 0 Å². The maximum absolute atomic E-state index is 11.3. The van der Waals surface area contributed by atoms with Crippen molar-refractivity contribution in [3.8, 4) is 0 Å². The van der Waals surface area contributed by atoms with Crippen molar-refractivity contribution >= 4 is 5.91 Å². The van der Waals surface area contributed by atoms with E-state index >= 15 is 0 Å². The summed E-state index contributed by atoms with van der Waals surface area (Å²) in [5, 5.41) is 3.13. The van der Waals surface area contributed by atoms with Crippen LogP contribution in [0.4, 0.5) is 0 Å². The van der Waals surface area contributed by atoms with Crippen LogP contribution in [0.25, 0.3) is 0 Å². The van der Waals surface area contributed by atoms with Gasteiger partial charge in [0, 0.05) is 32.6 Å². The Kier molecular flexibility index (Phi) is 5.68. The van der Waals surface area contributed by atoms with E-state index in [0.29, 0.717) is 6.04 Å². The first-order chi connectivity index (χ1) is 9.17. The molecule has 2 aliphatic rings. The molecule has 2 unspecified atom stereocenters. The molecule has 110 valence electrons. The maximum Gasteiger partial charge on any atom is 0.217 e. The number of hydrogen-bond donors (Lipinski definition) is 1. The van der Waals surface area contributed by atoms with Gasteiger partial charge in [-0.05, 0) is 31.1 Å². The van der Waals surface area contributed by atoms with Gasteiger partial charge in [0.1, 0.15) is 0 Å². The minimum absolute atomic E-state index is 0.124. The molecule has 1 heterocycles. The van der Waals surface area contributed by atoms with Gasteiger partial charge in [-0.25, -0.2) is 0 Å². The van der Waals surface area contributed by atoms with Gasteiger partial charge in [0.25, 0.3) is 0 Å². The standard InChI is InChI=1S/C16H30N2O/c1-3-14-9-16(17-13(2)19)12-18(10-14)11-15-7-5-4-6-8-15/h14-16H,3-12H2,1-2H3,(H,17,19). The van der Waals surface area contributed by atoms with Crippen molar-refractivity contribution < 1.29 is 4.79 Å². The number of rotatable bonds is 4. The molecule has 3 nitrogen and oxygen atoms in total. The first kappa shape index (κ1) is 14.8. The number of carbonyl (C=O) groups is 1. The molecule has 0 aromatic heterocycles. The Morgan fingerprint density at radius 2 is 1.89 bits per heavy atom. The van der Waals surface area contributed by atoms with Crippen LogP contribution in [0.3, 0.4) is 0 Å².